The maximum Gasteiger partial charge on any atom is 0.274 e. The van der Waals surface area contributed by atoms with Crippen molar-refractivity contribution in [1.29, 1.82) is 0 Å². The summed E-state index contributed by atoms with van der Waals surface area (Å²) in [6.45, 7) is 1.06. The summed E-state index contributed by atoms with van der Waals surface area (Å²) in [6, 6.07) is 4.99. The largest absolute Gasteiger partial charge is 0.334 e. The second-order valence-corrected chi connectivity index (χ2v) is 8.11. The Kier molecular flexibility index (Phi) is 5.41. The molecule has 33 heavy (non-hydrogen) atoms. The molecule has 0 radical (unpaired) electrons. The molecular weight excluding hydrogens is 427 g/mol. The summed E-state index contributed by atoms with van der Waals surface area (Å²) < 4.78 is 13.2. The summed E-state index contributed by atoms with van der Waals surface area (Å²) in [6.07, 6.45) is 6.29. The van der Waals surface area contributed by atoms with E-state index >= 15 is 0 Å². The maximum absolute atomic E-state index is 13.2. The normalized spacial score (nSPS) is 17.7. The van der Waals surface area contributed by atoms with Crippen LogP contribution >= 0.6 is 0 Å². The van der Waals surface area contributed by atoms with Gasteiger partial charge in [-0.3, -0.25) is 19.4 Å². The third-order valence-electron chi connectivity index (χ3n) is 6.08. The van der Waals surface area contributed by atoms with Crippen molar-refractivity contribution in [3.63, 3.8) is 0 Å². The molecule has 1 saturated heterocycles. The number of carbonyl (C=O) groups is 2. The van der Waals surface area contributed by atoms with Gasteiger partial charge in [0.2, 0.25) is 0 Å². The van der Waals surface area contributed by atoms with Gasteiger partial charge in [0, 0.05) is 37.5 Å². The first-order valence-electron chi connectivity index (χ1n) is 10.7. The topological polar surface area (TPSA) is 112 Å². The first kappa shape index (κ1) is 20.9. The smallest absolute Gasteiger partial charge is 0.274 e. The highest BCUT2D eigenvalue weighted by atomic mass is 19.1. The van der Waals surface area contributed by atoms with Gasteiger partial charge in [-0.25, -0.2) is 14.4 Å². The fraction of sp³-hybridized carbons (Fsp3) is 0.304. The van der Waals surface area contributed by atoms with E-state index in [0.29, 0.717) is 48.6 Å². The van der Waals surface area contributed by atoms with Gasteiger partial charge < -0.3 is 14.8 Å². The summed E-state index contributed by atoms with van der Waals surface area (Å²) in [7, 11) is 0. The van der Waals surface area contributed by atoms with Gasteiger partial charge in [-0.15, -0.1) is 0 Å². The number of benzene rings is 1. The molecule has 2 aliphatic rings. The SMILES string of the molecule is O=C(c1ccc(F)cc1)N1CCc2nc(C3CCCN3C(=O)c3cnccn3)[nH]c(=O)c2C1. The zero-order chi connectivity index (χ0) is 22.9. The number of likely N-dealkylation sites (tertiary alicyclic amines) is 1. The fourth-order valence-corrected chi connectivity index (χ4v) is 4.40. The number of aromatic nitrogens is 4. The number of fused-ring (bicyclic) bond motifs is 1. The third kappa shape index (κ3) is 3.99. The molecule has 4 heterocycles. The van der Waals surface area contributed by atoms with Gasteiger partial charge in [-0.05, 0) is 37.1 Å². The molecule has 0 saturated carbocycles. The molecule has 1 N–H and O–H groups in total. The minimum atomic E-state index is -0.414. The Morgan fingerprint density at radius 2 is 1.91 bits per heavy atom. The standard InChI is InChI=1S/C23H21FN6O3/c24-15-5-3-14(4-6-15)22(32)29-11-7-17-16(13-29)21(31)28-20(27-17)19-2-1-10-30(19)23(33)18-12-25-8-9-26-18/h3-6,8-9,12,19H,1-2,7,10-11,13H2,(H,27,28,31). The van der Waals surface area contributed by atoms with Gasteiger partial charge in [0.25, 0.3) is 17.4 Å². The molecule has 10 heteroatoms. The predicted octanol–water partition coefficient (Wildman–Crippen LogP) is 1.87. The number of nitrogens with zero attached hydrogens (tertiary/aromatic N) is 5. The lowest BCUT2D eigenvalue weighted by atomic mass is 10.0. The van der Waals surface area contributed by atoms with Crippen LogP contribution < -0.4 is 5.56 Å². The Bertz CT molecular complexity index is 1260. The van der Waals surface area contributed by atoms with Crippen molar-refractivity contribution in [2.45, 2.75) is 31.8 Å². The van der Waals surface area contributed by atoms with Crippen LogP contribution in [0.2, 0.25) is 0 Å². The number of hydrogen-bond acceptors (Lipinski definition) is 6. The molecule has 2 aromatic heterocycles. The number of hydrogen-bond donors (Lipinski definition) is 1. The Labute approximate surface area is 188 Å². The number of nitrogens with one attached hydrogen (secondary N) is 1. The molecule has 9 nitrogen and oxygen atoms in total. The second-order valence-electron chi connectivity index (χ2n) is 8.11. The summed E-state index contributed by atoms with van der Waals surface area (Å²) in [4.78, 5) is 57.4. The Balaban J connectivity index is 1.38. The highest BCUT2D eigenvalue weighted by Gasteiger charge is 2.34. The van der Waals surface area contributed by atoms with E-state index < -0.39 is 5.82 Å². The van der Waals surface area contributed by atoms with Crippen LogP contribution in [-0.2, 0) is 13.0 Å². The second kappa shape index (κ2) is 8.53. The number of halogens is 1. The molecular formula is C23H21FN6O3. The zero-order valence-corrected chi connectivity index (χ0v) is 17.7. The molecule has 1 fully saturated rings. The molecule has 5 rings (SSSR count). The summed E-state index contributed by atoms with van der Waals surface area (Å²) in [5, 5.41) is 0. The van der Waals surface area contributed by atoms with E-state index in [9.17, 15) is 18.8 Å². The van der Waals surface area contributed by atoms with Gasteiger partial charge in [-0.1, -0.05) is 0 Å². The number of aromatic amines is 1. The Hall–Kier alpha value is -3.95. The maximum atomic E-state index is 13.2. The van der Waals surface area contributed by atoms with Crippen molar-refractivity contribution in [2.24, 2.45) is 0 Å². The monoisotopic (exact) mass is 448 g/mol. The van der Waals surface area contributed by atoms with Crippen molar-refractivity contribution in [1.82, 2.24) is 29.7 Å². The van der Waals surface area contributed by atoms with Gasteiger partial charge in [0.1, 0.15) is 17.3 Å². The van der Waals surface area contributed by atoms with E-state index in [2.05, 4.69) is 19.9 Å². The van der Waals surface area contributed by atoms with Gasteiger partial charge in [-0.2, -0.15) is 0 Å². The fourth-order valence-electron chi connectivity index (χ4n) is 4.40. The Morgan fingerprint density at radius 1 is 1.09 bits per heavy atom. The van der Waals surface area contributed by atoms with Crippen molar-refractivity contribution < 1.29 is 14.0 Å². The molecule has 1 unspecified atom stereocenters. The molecule has 2 amide bonds. The average molecular weight is 448 g/mol. The molecule has 0 spiro atoms. The summed E-state index contributed by atoms with van der Waals surface area (Å²) >= 11 is 0. The minimum Gasteiger partial charge on any atom is -0.334 e. The lowest BCUT2D eigenvalue weighted by Gasteiger charge is -2.29. The van der Waals surface area contributed by atoms with Crippen LogP contribution in [0.25, 0.3) is 0 Å². The first-order chi connectivity index (χ1) is 16.0. The van der Waals surface area contributed by atoms with Crippen molar-refractivity contribution in [3.05, 3.63) is 87.4 Å². The van der Waals surface area contributed by atoms with E-state index in [-0.39, 0.29) is 35.7 Å². The van der Waals surface area contributed by atoms with Gasteiger partial charge in [0.15, 0.2) is 0 Å². The third-order valence-corrected chi connectivity index (χ3v) is 6.08. The molecule has 0 aliphatic carbocycles. The quantitative estimate of drug-likeness (QED) is 0.655. The van der Waals surface area contributed by atoms with E-state index in [1.807, 2.05) is 0 Å². The van der Waals surface area contributed by atoms with Crippen LogP contribution in [0.5, 0.6) is 0 Å². The van der Waals surface area contributed by atoms with Crippen LogP contribution in [0, 0.1) is 5.82 Å². The average Bonchev–Trinajstić information content (AvgIpc) is 3.34. The zero-order valence-electron chi connectivity index (χ0n) is 17.7. The lowest BCUT2D eigenvalue weighted by molar-refractivity contribution is 0.0712. The molecule has 3 aromatic rings. The molecule has 1 atom stereocenters. The highest BCUT2D eigenvalue weighted by Crippen LogP contribution is 2.31. The van der Waals surface area contributed by atoms with Gasteiger partial charge >= 0.3 is 0 Å². The predicted molar refractivity (Wildman–Crippen MR) is 115 cm³/mol. The van der Waals surface area contributed by atoms with E-state index in [1.54, 1.807) is 9.80 Å². The van der Waals surface area contributed by atoms with E-state index in [0.717, 1.165) is 6.42 Å². The van der Waals surface area contributed by atoms with Crippen LogP contribution in [0.3, 0.4) is 0 Å². The van der Waals surface area contributed by atoms with Crippen LogP contribution in [0.15, 0.2) is 47.7 Å². The van der Waals surface area contributed by atoms with E-state index in [1.165, 1.54) is 42.9 Å². The van der Waals surface area contributed by atoms with Crippen molar-refractivity contribution in [3.8, 4) is 0 Å². The van der Waals surface area contributed by atoms with Crippen LogP contribution in [0.1, 0.15) is 56.8 Å². The summed E-state index contributed by atoms with van der Waals surface area (Å²) in [5.74, 6) is -0.475. The number of H-pyrrole nitrogens is 1. The van der Waals surface area contributed by atoms with Crippen LogP contribution in [0.4, 0.5) is 4.39 Å². The van der Waals surface area contributed by atoms with Gasteiger partial charge in [0.05, 0.1) is 30.0 Å². The van der Waals surface area contributed by atoms with Crippen LogP contribution in [-0.4, -0.2) is 54.6 Å². The number of carbonyl (C=O) groups excluding carboxylic acids is 2. The minimum absolute atomic E-state index is 0.126. The number of amides is 2. The first-order valence-corrected chi connectivity index (χ1v) is 10.7. The lowest BCUT2D eigenvalue weighted by Crippen LogP contribution is -2.40. The van der Waals surface area contributed by atoms with Crippen molar-refractivity contribution >= 4 is 11.8 Å². The van der Waals surface area contributed by atoms with Crippen molar-refractivity contribution in [2.75, 3.05) is 13.1 Å². The highest BCUT2D eigenvalue weighted by molar-refractivity contribution is 5.94. The molecule has 2 aliphatic heterocycles. The molecule has 0 bridgehead atoms. The molecule has 1 aromatic carbocycles. The number of rotatable bonds is 3. The summed E-state index contributed by atoms with van der Waals surface area (Å²) in [5.41, 5.74) is 1.37. The molecule has 168 valence electrons. The Morgan fingerprint density at radius 3 is 2.67 bits per heavy atom. The van der Waals surface area contributed by atoms with E-state index in [4.69, 9.17) is 0 Å².